The lowest BCUT2D eigenvalue weighted by Crippen LogP contribution is -2.44. The van der Waals surface area contributed by atoms with E-state index in [1.807, 2.05) is 30.3 Å². The van der Waals surface area contributed by atoms with Crippen molar-refractivity contribution in [1.29, 1.82) is 0 Å². The Morgan fingerprint density at radius 3 is 2.41 bits per heavy atom. The van der Waals surface area contributed by atoms with E-state index < -0.39 is 14.4 Å². The molecule has 3 atom stereocenters. The second-order valence-corrected chi connectivity index (χ2v) is 14.5. The van der Waals surface area contributed by atoms with Gasteiger partial charge in [-0.2, -0.15) is 0 Å². The highest BCUT2D eigenvalue weighted by atomic mass is 28.4. The highest BCUT2D eigenvalue weighted by Gasteiger charge is 2.38. The number of unbranched alkanes of at least 4 members (excludes halogenated alkanes) is 2. The van der Waals surface area contributed by atoms with Gasteiger partial charge in [-0.15, -0.1) is 0 Å². The molecule has 1 aliphatic heterocycles. The average molecular weight is 421 g/mol. The highest BCUT2D eigenvalue weighted by Crippen LogP contribution is 2.37. The Labute approximate surface area is 178 Å². The molecule has 164 valence electrons. The van der Waals surface area contributed by atoms with Gasteiger partial charge in [0.05, 0.1) is 6.10 Å². The SMILES string of the molecule is CCCCC[C@H]1O[C@H](CCO[Si](C)(C)C(C)(C)C)C[C@H](C(=O)c2ccccc2)O1. The lowest BCUT2D eigenvalue weighted by molar-refractivity contribution is -0.235. The van der Waals surface area contributed by atoms with E-state index in [0.717, 1.165) is 32.1 Å². The molecule has 1 saturated heterocycles. The number of carbonyl (C=O) groups is 1. The summed E-state index contributed by atoms with van der Waals surface area (Å²) in [4.78, 5) is 13.0. The van der Waals surface area contributed by atoms with Crippen LogP contribution in [0.1, 0.15) is 76.6 Å². The maximum atomic E-state index is 13.0. The second-order valence-electron chi connectivity index (χ2n) is 9.67. The lowest BCUT2D eigenvalue weighted by Gasteiger charge is -2.38. The summed E-state index contributed by atoms with van der Waals surface area (Å²) in [5, 5.41) is 0.192. The van der Waals surface area contributed by atoms with Crippen LogP contribution in [0.5, 0.6) is 0 Å². The van der Waals surface area contributed by atoms with Crippen molar-refractivity contribution in [2.75, 3.05) is 6.61 Å². The molecule has 5 heteroatoms. The van der Waals surface area contributed by atoms with E-state index in [9.17, 15) is 4.79 Å². The van der Waals surface area contributed by atoms with Crippen molar-refractivity contribution < 1.29 is 18.7 Å². The molecule has 0 radical (unpaired) electrons. The molecule has 1 aliphatic rings. The summed E-state index contributed by atoms with van der Waals surface area (Å²) in [6, 6.07) is 9.45. The first-order valence-electron chi connectivity index (χ1n) is 11.2. The van der Waals surface area contributed by atoms with Gasteiger partial charge in [-0.05, 0) is 37.4 Å². The molecule has 0 unspecified atom stereocenters. The zero-order chi connectivity index (χ0) is 21.5. The monoisotopic (exact) mass is 420 g/mol. The van der Waals surface area contributed by atoms with Gasteiger partial charge < -0.3 is 13.9 Å². The van der Waals surface area contributed by atoms with Crippen LogP contribution in [-0.4, -0.2) is 39.2 Å². The van der Waals surface area contributed by atoms with Gasteiger partial charge in [0.2, 0.25) is 0 Å². The molecule has 0 aliphatic carbocycles. The van der Waals surface area contributed by atoms with Crippen molar-refractivity contribution in [2.45, 2.75) is 103 Å². The number of hydrogen-bond acceptors (Lipinski definition) is 4. The molecule has 2 rings (SSSR count). The number of hydrogen-bond donors (Lipinski definition) is 0. The molecule has 0 spiro atoms. The van der Waals surface area contributed by atoms with Crippen molar-refractivity contribution in [3.8, 4) is 0 Å². The number of carbonyl (C=O) groups excluding carboxylic acids is 1. The normalized spacial score (nSPS) is 23.2. The van der Waals surface area contributed by atoms with Crippen LogP contribution in [0, 0.1) is 0 Å². The van der Waals surface area contributed by atoms with Gasteiger partial charge in [0.15, 0.2) is 20.4 Å². The summed E-state index contributed by atoms with van der Waals surface area (Å²) in [6.07, 6.45) is 4.87. The molecule has 4 nitrogen and oxygen atoms in total. The summed E-state index contributed by atoms with van der Waals surface area (Å²) in [7, 11) is -1.78. The minimum atomic E-state index is -1.78. The third kappa shape index (κ3) is 7.32. The Morgan fingerprint density at radius 1 is 1.10 bits per heavy atom. The summed E-state index contributed by atoms with van der Waals surface area (Å²) in [5.41, 5.74) is 0.711. The number of ketones is 1. The largest absolute Gasteiger partial charge is 0.417 e. The van der Waals surface area contributed by atoms with Gasteiger partial charge in [0.1, 0.15) is 6.10 Å². The Kier molecular flexibility index (Phi) is 9.07. The standard InChI is InChI=1S/C24H40O4Si/c1-7-8-10-15-22-27-20(16-17-26-29(5,6)24(2,3)4)18-21(28-22)23(25)19-13-11-9-12-14-19/h9,11-14,20-22H,7-8,10,15-18H2,1-6H3/t20-,21-,22+/m1/s1. The number of benzene rings is 1. The molecule has 1 fully saturated rings. The third-order valence-corrected chi connectivity index (χ3v) is 10.8. The molecule has 1 aromatic carbocycles. The van der Waals surface area contributed by atoms with Crippen LogP contribution in [0.3, 0.4) is 0 Å². The molecule has 0 amide bonds. The summed E-state index contributed by atoms with van der Waals surface area (Å²) < 4.78 is 18.6. The van der Waals surface area contributed by atoms with E-state index in [2.05, 4.69) is 40.8 Å². The Balaban J connectivity index is 1.99. The van der Waals surface area contributed by atoms with Crippen molar-refractivity contribution in [3.05, 3.63) is 35.9 Å². The van der Waals surface area contributed by atoms with E-state index >= 15 is 0 Å². The fraction of sp³-hybridized carbons (Fsp3) is 0.708. The molecular formula is C24H40O4Si. The minimum absolute atomic E-state index is 0.00203. The van der Waals surface area contributed by atoms with Crippen LogP contribution < -0.4 is 0 Å². The quantitative estimate of drug-likeness (QED) is 0.251. The van der Waals surface area contributed by atoms with Gasteiger partial charge >= 0.3 is 0 Å². The van der Waals surface area contributed by atoms with Crippen molar-refractivity contribution >= 4 is 14.1 Å². The zero-order valence-corrected chi connectivity index (χ0v) is 20.2. The predicted molar refractivity (Wildman–Crippen MR) is 121 cm³/mol. The fourth-order valence-corrected chi connectivity index (χ4v) is 4.34. The third-order valence-electron chi connectivity index (χ3n) is 6.24. The van der Waals surface area contributed by atoms with E-state index in [1.165, 1.54) is 0 Å². The van der Waals surface area contributed by atoms with Crippen LogP contribution in [0.25, 0.3) is 0 Å². The van der Waals surface area contributed by atoms with E-state index in [4.69, 9.17) is 13.9 Å². The summed E-state index contributed by atoms with van der Waals surface area (Å²) in [5.74, 6) is 0.0599. The maximum absolute atomic E-state index is 13.0. The van der Waals surface area contributed by atoms with Crippen LogP contribution >= 0.6 is 0 Å². The minimum Gasteiger partial charge on any atom is -0.417 e. The number of Topliss-reactive ketones (excluding diaryl/α,β-unsaturated/α-hetero) is 1. The van der Waals surface area contributed by atoms with Gasteiger partial charge in [0, 0.05) is 18.6 Å². The van der Waals surface area contributed by atoms with Gasteiger partial charge in [-0.1, -0.05) is 70.9 Å². The molecule has 0 N–H and O–H groups in total. The van der Waals surface area contributed by atoms with Crippen LogP contribution in [0.15, 0.2) is 30.3 Å². The molecule has 0 aromatic heterocycles. The topological polar surface area (TPSA) is 44.8 Å². The van der Waals surface area contributed by atoms with Crippen molar-refractivity contribution in [3.63, 3.8) is 0 Å². The molecule has 1 heterocycles. The Morgan fingerprint density at radius 2 is 1.79 bits per heavy atom. The smallest absolute Gasteiger partial charge is 0.191 e. The molecule has 29 heavy (non-hydrogen) atoms. The average Bonchev–Trinajstić information content (AvgIpc) is 2.67. The van der Waals surface area contributed by atoms with Crippen LogP contribution in [0.4, 0.5) is 0 Å². The molecular weight excluding hydrogens is 380 g/mol. The molecule has 1 aromatic rings. The predicted octanol–water partition coefficient (Wildman–Crippen LogP) is 6.36. The Bertz CT molecular complexity index is 624. The molecule has 0 bridgehead atoms. The first-order valence-corrected chi connectivity index (χ1v) is 14.1. The second kappa shape index (κ2) is 10.8. The van der Waals surface area contributed by atoms with Crippen molar-refractivity contribution in [1.82, 2.24) is 0 Å². The maximum Gasteiger partial charge on any atom is 0.191 e. The van der Waals surface area contributed by atoms with Gasteiger partial charge in [-0.25, -0.2) is 0 Å². The summed E-state index contributed by atoms with van der Waals surface area (Å²) >= 11 is 0. The van der Waals surface area contributed by atoms with Gasteiger partial charge in [0.25, 0.3) is 0 Å². The van der Waals surface area contributed by atoms with E-state index in [0.29, 0.717) is 18.6 Å². The van der Waals surface area contributed by atoms with E-state index in [1.54, 1.807) is 0 Å². The summed E-state index contributed by atoms with van der Waals surface area (Å²) in [6.45, 7) is 14.2. The van der Waals surface area contributed by atoms with Crippen LogP contribution in [0.2, 0.25) is 18.1 Å². The number of rotatable bonds is 10. The van der Waals surface area contributed by atoms with E-state index in [-0.39, 0.29) is 23.2 Å². The highest BCUT2D eigenvalue weighted by molar-refractivity contribution is 6.74. The first-order chi connectivity index (χ1) is 13.6. The molecule has 0 saturated carbocycles. The number of ether oxygens (including phenoxy) is 2. The van der Waals surface area contributed by atoms with Gasteiger partial charge in [-0.3, -0.25) is 4.79 Å². The Hall–Kier alpha value is -1.01. The first kappa shape index (κ1) is 24.3. The zero-order valence-electron chi connectivity index (χ0n) is 19.2. The van der Waals surface area contributed by atoms with Crippen molar-refractivity contribution in [2.24, 2.45) is 0 Å². The lowest BCUT2D eigenvalue weighted by atomic mass is 9.99. The fourth-order valence-electron chi connectivity index (χ4n) is 3.28. The van der Waals surface area contributed by atoms with Crippen LogP contribution in [-0.2, 0) is 13.9 Å².